The van der Waals surface area contributed by atoms with E-state index in [0.29, 0.717) is 11.7 Å². The second-order valence-electron chi connectivity index (χ2n) is 3.68. The number of hydrogen-bond donors (Lipinski definition) is 2. The number of rotatable bonds is 6. The van der Waals surface area contributed by atoms with Gasteiger partial charge in [-0.1, -0.05) is 25.2 Å². The Morgan fingerprint density at radius 3 is 2.88 bits per heavy atom. The van der Waals surface area contributed by atoms with Gasteiger partial charge in [0.1, 0.15) is 5.01 Å². The summed E-state index contributed by atoms with van der Waals surface area (Å²) < 4.78 is 0. The lowest BCUT2D eigenvalue weighted by Crippen LogP contribution is -2.21. The first-order valence-electron chi connectivity index (χ1n) is 5.50. The maximum absolute atomic E-state index is 11.7. The maximum Gasteiger partial charge on any atom is 0.229 e. The number of carbonyl (C=O) groups excluding carboxylic acids is 1. The fourth-order valence-electron chi connectivity index (χ4n) is 1.23. The standard InChI is InChI=1S/C10H18N4OS/c1-3-8-13-14-10(16-8)12-9(15)7(2)5-4-6-11/h7H,3-6,11H2,1-2H3,(H,12,14,15). The summed E-state index contributed by atoms with van der Waals surface area (Å²) in [7, 11) is 0. The van der Waals surface area contributed by atoms with Crippen LogP contribution in [-0.2, 0) is 11.2 Å². The molecule has 6 heteroatoms. The Kier molecular flexibility index (Phi) is 5.34. The molecule has 1 aromatic rings. The van der Waals surface area contributed by atoms with Gasteiger partial charge in [-0.3, -0.25) is 4.79 Å². The average Bonchev–Trinajstić information content (AvgIpc) is 2.73. The minimum absolute atomic E-state index is 0.00717. The van der Waals surface area contributed by atoms with Gasteiger partial charge in [0.05, 0.1) is 0 Å². The van der Waals surface area contributed by atoms with E-state index in [4.69, 9.17) is 5.73 Å². The SMILES string of the molecule is CCc1nnc(NC(=O)C(C)CCCN)s1. The molecular weight excluding hydrogens is 224 g/mol. The van der Waals surface area contributed by atoms with E-state index >= 15 is 0 Å². The van der Waals surface area contributed by atoms with Gasteiger partial charge in [0.15, 0.2) is 0 Å². The summed E-state index contributed by atoms with van der Waals surface area (Å²) in [6.07, 6.45) is 2.52. The number of anilines is 1. The molecule has 0 radical (unpaired) electrons. The highest BCUT2D eigenvalue weighted by atomic mass is 32.1. The van der Waals surface area contributed by atoms with Crippen molar-refractivity contribution in [3.63, 3.8) is 0 Å². The highest BCUT2D eigenvalue weighted by Gasteiger charge is 2.14. The average molecular weight is 242 g/mol. The molecule has 1 rings (SSSR count). The van der Waals surface area contributed by atoms with Gasteiger partial charge in [-0.15, -0.1) is 10.2 Å². The Morgan fingerprint density at radius 2 is 2.31 bits per heavy atom. The van der Waals surface area contributed by atoms with Crippen molar-refractivity contribution in [1.29, 1.82) is 0 Å². The molecule has 0 saturated heterocycles. The number of amides is 1. The van der Waals surface area contributed by atoms with Crippen LogP contribution in [0, 0.1) is 5.92 Å². The van der Waals surface area contributed by atoms with Crippen molar-refractivity contribution < 1.29 is 4.79 Å². The van der Waals surface area contributed by atoms with Crippen molar-refractivity contribution in [3.05, 3.63) is 5.01 Å². The van der Waals surface area contributed by atoms with Crippen LogP contribution in [0.2, 0.25) is 0 Å². The van der Waals surface area contributed by atoms with E-state index in [2.05, 4.69) is 15.5 Å². The molecule has 1 unspecified atom stereocenters. The van der Waals surface area contributed by atoms with Crippen LogP contribution in [0.25, 0.3) is 0 Å². The van der Waals surface area contributed by atoms with Gasteiger partial charge in [0, 0.05) is 5.92 Å². The van der Waals surface area contributed by atoms with E-state index in [9.17, 15) is 4.79 Å². The number of aryl methyl sites for hydroxylation is 1. The summed E-state index contributed by atoms with van der Waals surface area (Å²) in [5, 5.41) is 12.1. The Bertz CT molecular complexity index is 339. The van der Waals surface area contributed by atoms with Gasteiger partial charge in [-0.05, 0) is 25.8 Å². The number of nitrogens with one attached hydrogen (secondary N) is 1. The molecule has 1 aromatic heterocycles. The van der Waals surface area contributed by atoms with Crippen molar-refractivity contribution >= 4 is 22.4 Å². The van der Waals surface area contributed by atoms with Crippen LogP contribution < -0.4 is 11.1 Å². The van der Waals surface area contributed by atoms with E-state index in [-0.39, 0.29) is 11.8 Å². The third kappa shape index (κ3) is 3.86. The highest BCUT2D eigenvalue weighted by molar-refractivity contribution is 7.15. The summed E-state index contributed by atoms with van der Waals surface area (Å²) in [5.74, 6) is -0.0372. The zero-order valence-corrected chi connectivity index (χ0v) is 10.5. The first-order valence-corrected chi connectivity index (χ1v) is 6.32. The molecule has 90 valence electrons. The minimum Gasteiger partial charge on any atom is -0.330 e. The van der Waals surface area contributed by atoms with Gasteiger partial charge in [0.25, 0.3) is 0 Å². The van der Waals surface area contributed by atoms with Crippen LogP contribution in [0.1, 0.15) is 31.7 Å². The summed E-state index contributed by atoms with van der Waals surface area (Å²) >= 11 is 1.42. The Morgan fingerprint density at radius 1 is 1.56 bits per heavy atom. The number of hydrogen-bond acceptors (Lipinski definition) is 5. The molecule has 0 saturated carbocycles. The summed E-state index contributed by atoms with van der Waals surface area (Å²) in [4.78, 5) is 11.7. The van der Waals surface area contributed by atoms with Crippen LogP contribution >= 0.6 is 11.3 Å². The lowest BCUT2D eigenvalue weighted by Gasteiger charge is -2.08. The Hall–Kier alpha value is -1.01. The van der Waals surface area contributed by atoms with Crippen LogP contribution in [0.4, 0.5) is 5.13 Å². The van der Waals surface area contributed by atoms with E-state index in [1.54, 1.807) is 0 Å². The monoisotopic (exact) mass is 242 g/mol. The third-order valence-electron chi connectivity index (χ3n) is 2.29. The first-order chi connectivity index (χ1) is 7.67. The van der Waals surface area contributed by atoms with E-state index < -0.39 is 0 Å². The Labute approximate surface area is 99.5 Å². The minimum atomic E-state index is -0.0301. The molecule has 0 aliphatic carbocycles. The molecule has 0 aliphatic heterocycles. The van der Waals surface area contributed by atoms with Crippen LogP contribution in [0.15, 0.2) is 0 Å². The molecular formula is C10H18N4OS. The molecule has 0 bridgehead atoms. The molecule has 0 aromatic carbocycles. The van der Waals surface area contributed by atoms with Gasteiger partial charge in [-0.25, -0.2) is 0 Å². The van der Waals surface area contributed by atoms with Gasteiger partial charge >= 0.3 is 0 Å². The second-order valence-corrected chi connectivity index (χ2v) is 4.74. The molecule has 1 amide bonds. The number of carbonyl (C=O) groups is 1. The fraction of sp³-hybridized carbons (Fsp3) is 0.700. The smallest absolute Gasteiger partial charge is 0.229 e. The van der Waals surface area contributed by atoms with Crippen molar-refractivity contribution in [1.82, 2.24) is 10.2 Å². The van der Waals surface area contributed by atoms with Gasteiger partial charge in [-0.2, -0.15) is 0 Å². The topological polar surface area (TPSA) is 80.9 Å². The highest BCUT2D eigenvalue weighted by Crippen LogP contribution is 2.17. The molecule has 3 N–H and O–H groups in total. The zero-order valence-electron chi connectivity index (χ0n) is 9.69. The number of nitrogens with zero attached hydrogens (tertiary/aromatic N) is 2. The summed E-state index contributed by atoms with van der Waals surface area (Å²) in [6.45, 7) is 4.53. The lowest BCUT2D eigenvalue weighted by molar-refractivity contribution is -0.119. The Balaban J connectivity index is 2.44. The van der Waals surface area contributed by atoms with E-state index in [0.717, 1.165) is 24.3 Å². The molecule has 16 heavy (non-hydrogen) atoms. The summed E-state index contributed by atoms with van der Waals surface area (Å²) in [6, 6.07) is 0. The quantitative estimate of drug-likeness (QED) is 0.790. The largest absolute Gasteiger partial charge is 0.330 e. The normalized spacial score (nSPS) is 12.4. The molecule has 1 heterocycles. The third-order valence-corrected chi connectivity index (χ3v) is 3.27. The number of aromatic nitrogens is 2. The van der Waals surface area contributed by atoms with Crippen LogP contribution in [-0.4, -0.2) is 22.6 Å². The van der Waals surface area contributed by atoms with Crippen LogP contribution in [0.3, 0.4) is 0 Å². The maximum atomic E-state index is 11.7. The first kappa shape index (κ1) is 13.1. The van der Waals surface area contributed by atoms with E-state index in [1.807, 2.05) is 13.8 Å². The predicted molar refractivity (Wildman–Crippen MR) is 65.4 cm³/mol. The van der Waals surface area contributed by atoms with E-state index in [1.165, 1.54) is 11.3 Å². The fourth-order valence-corrected chi connectivity index (χ4v) is 1.91. The van der Waals surface area contributed by atoms with Gasteiger partial charge < -0.3 is 11.1 Å². The molecule has 0 fully saturated rings. The lowest BCUT2D eigenvalue weighted by atomic mass is 10.1. The predicted octanol–water partition coefficient (Wildman–Crippen LogP) is 1.41. The zero-order chi connectivity index (χ0) is 12.0. The number of nitrogens with two attached hydrogens (primary N) is 1. The summed E-state index contributed by atoms with van der Waals surface area (Å²) in [5.41, 5.74) is 5.40. The van der Waals surface area contributed by atoms with Gasteiger partial charge in [0.2, 0.25) is 11.0 Å². The van der Waals surface area contributed by atoms with Crippen molar-refractivity contribution in [2.75, 3.05) is 11.9 Å². The molecule has 0 aliphatic rings. The van der Waals surface area contributed by atoms with Crippen molar-refractivity contribution in [2.24, 2.45) is 11.7 Å². The molecule has 1 atom stereocenters. The van der Waals surface area contributed by atoms with Crippen molar-refractivity contribution in [2.45, 2.75) is 33.1 Å². The molecule has 5 nitrogen and oxygen atoms in total. The molecule has 0 spiro atoms. The second kappa shape index (κ2) is 6.55. The van der Waals surface area contributed by atoms with Crippen molar-refractivity contribution in [3.8, 4) is 0 Å². The van der Waals surface area contributed by atoms with Crippen LogP contribution in [0.5, 0.6) is 0 Å².